The number of H-pyrrole nitrogens is 1. The van der Waals surface area contributed by atoms with Crippen LogP contribution in [0.4, 0.5) is 19.1 Å². The van der Waals surface area contributed by atoms with Gasteiger partial charge in [-0.3, -0.25) is 9.78 Å². The molecule has 3 heterocycles. The summed E-state index contributed by atoms with van der Waals surface area (Å²) < 4.78 is 40.7. The highest BCUT2D eigenvalue weighted by Crippen LogP contribution is 2.33. The number of aromatic amines is 1. The molecule has 2 aromatic heterocycles. The fourth-order valence-corrected chi connectivity index (χ4v) is 3.02. The molecule has 3 aromatic rings. The second-order valence-corrected chi connectivity index (χ2v) is 5.91. The highest BCUT2D eigenvalue weighted by Gasteiger charge is 2.34. The molecule has 1 aliphatic rings. The van der Waals surface area contributed by atoms with E-state index in [1.54, 1.807) is 0 Å². The Morgan fingerprint density at radius 2 is 1.84 bits per heavy atom. The predicted octanol–water partition coefficient (Wildman–Crippen LogP) is 2.73. The van der Waals surface area contributed by atoms with Crippen LogP contribution >= 0.6 is 0 Å². The monoisotopic (exact) mass is 349 g/mol. The first kappa shape index (κ1) is 15.7. The molecule has 25 heavy (non-hydrogen) atoms. The maximum absolute atomic E-state index is 13.2. The number of benzene rings is 1. The van der Waals surface area contributed by atoms with Gasteiger partial charge in [0, 0.05) is 19.3 Å². The highest BCUT2D eigenvalue weighted by molar-refractivity contribution is 5.74. The van der Waals surface area contributed by atoms with Crippen LogP contribution in [0.1, 0.15) is 18.4 Å². The maximum Gasteiger partial charge on any atom is 0.418 e. The number of fused-ring (bicyclic) bond motifs is 1. The van der Waals surface area contributed by atoms with Crippen molar-refractivity contribution in [2.45, 2.75) is 19.0 Å². The number of para-hydroxylation sites is 1. The van der Waals surface area contributed by atoms with Gasteiger partial charge in [-0.1, -0.05) is 12.1 Å². The minimum atomic E-state index is -4.52. The summed E-state index contributed by atoms with van der Waals surface area (Å²) in [5.74, 6) is 0.407. The maximum atomic E-state index is 13.2. The Balaban J connectivity index is 1.85. The summed E-state index contributed by atoms with van der Waals surface area (Å²) in [5, 5.41) is 4.26. The third-order valence-electron chi connectivity index (χ3n) is 4.24. The molecule has 0 amide bonds. The molecule has 9 heteroatoms. The molecule has 0 radical (unpaired) electrons. The summed E-state index contributed by atoms with van der Waals surface area (Å²) in [6.45, 7) is 1.57. The molecule has 0 spiro atoms. The fraction of sp³-hybridized carbons (Fsp3) is 0.312. The molecule has 130 valence electrons. The van der Waals surface area contributed by atoms with Crippen molar-refractivity contribution in [3.63, 3.8) is 0 Å². The Hall–Kier alpha value is -2.84. The molecule has 0 unspecified atom stereocenters. The number of halogens is 3. The van der Waals surface area contributed by atoms with Crippen LogP contribution in [-0.4, -0.2) is 32.8 Å². The molecule has 6 nitrogen and oxygen atoms in total. The van der Waals surface area contributed by atoms with Gasteiger partial charge in [0.2, 0.25) is 5.95 Å². The SMILES string of the molecule is O=c1[nH]c(N2CCCC2)nc2nn(-c3ccccc3C(F)(F)F)cc12. The lowest BCUT2D eigenvalue weighted by atomic mass is 10.2. The van der Waals surface area contributed by atoms with E-state index in [-0.39, 0.29) is 16.7 Å². The van der Waals surface area contributed by atoms with Crippen molar-refractivity contribution in [1.82, 2.24) is 19.7 Å². The molecule has 1 saturated heterocycles. The van der Waals surface area contributed by atoms with E-state index in [1.807, 2.05) is 4.90 Å². The molecule has 1 aromatic carbocycles. The number of nitrogens with one attached hydrogen (secondary N) is 1. The van der Waals surface area contributed by atoms with E-state index < -0.39 is 17.3 Å². The Labute approximate surface area is 139 Å². The summed E-state index contributed by atoms with van der Waals surface area (Å²) >= 11 is 0. The van der Waals surface area contributed by atoms with Gasteiger partial charge in [0.1, 0.15) is 5.39 Å². The molecule has 0 saturated carbocycles. The van der Waals surface area contributed by atoms with Crippen LogP contribution in [0.2, 0.25) is 0 Å². The standard InChI is InChI=1S/C16H14F3N5O/c17-16(18,19)11-5-1-2-6-12(11)24-9-10-13(22-24)20-15(21-14(10)25)23-7-3-4-8-23/h1-2,5-6,9H,3-4,7-8H2,(H,20,21,22,25). The zero-order valence-corrected chi connectivity index (χ0v) is 13.0. The second-order valence-electron chi connectivity index (χ2n) is 5.91. The molecule has 0 aliphatic carbocycles. The minimum absolute atomic E-state index is 0.127. The van der Waals surface area contributed by atoms with E-state index in [1.165, 1.54) is 24.4 Å². The van der Waals surface area contributed by atoms with Gasteiger partial charge in [-0.25, -0.2) is 4.68 Å². The molecular weight excluding hydrogens is 335 g/mol. The second kappa shape index (κ2) is 5.61. The third-order valence-corrected chi connectivity index (χ3v) is 4.24. The van der Waals surface area contributed by atoms with E-state index in [0.717, 1.165) is 36.7 Å². The Morgan fingerprint density at radius 3 is 2.56 bits per heavy atom. The van der Waals surface area contributed by atoms with Crippen LogP contribution in [0.3, 0.4) is 0 Å². The van der Waals surface area contributed by atoms with Crippen molar-refractivity contribution in [2.24, 2.45) is 0 Å². The van der Waals surface area contributed by atoms with Crippen LogP contribution in [0, 0.1) is 0 Å². The van der Waals surface area contributed by atoms with Crippen molar-refractivity contribution in [2.75, 3.05) is 18.0 Å². The first-order chi connectivity index (χ1) is 11.9. The number of alkyl halides is 3. The zero-order valence-electron chi connectivity index (χ0n) is 13.0. The highest BCUT2D eigenvalue weighted by atomic mass is 19.4. The van der Waals surface area contributed by atoms with Gasteiger partial charge >= 0.3 is 6.18 Å². The van der Waals surface area contributed by atoms with Crippen LogP contribution < -0.4 is 10.5 Å². The van der Waals surface area contributed by atoms with Crippen LogP contribution in [0.5, 0.6) is 0 Å². The van der Waals surface area contributed by atoms with Crippen LogP contribution in [0.15, 0.2) is 35.3 Å². The van der Waals surface area contributed by atoms with E-state index in [4.69, 9.17) is 0 Å². The number of anilines is 1. The van der Waals surface area contributed by atoms with Crippen molar-refractivity contribution in [3.05, 3.63) is 46.4 Å². The molecule has 1 N–H and O–H groups in total. The van der Waals surface area contributed by atoms with Gasteiger partial charge in [0.15, 0.2) is 5.65 Å². The van der Waals surface area contributed by atoms with Gasteiger partial charge in [0.05, 0.1) is 11.3 Å². The zero-order chi connectivity index (χ0) is 17.6. The number of nitrogens with zero attached hydrogens (tertiary/aromatic N) is 4. The average Bonchev–Trinajstić information content (AvgIpc) is 3.23. The number of aromatic nitrogens is 4. The first-order valence-electron chi connectivity index (χ1n) is 7.85. The average molecular weight is 349 g/mol. The Bertz CT molecular complexity index is 985. The third kappa shape index (κ3) is 2.75. The lowest BCUT2D eigenvalue weighted by Gasteiger charge is -2.14. The molecule has 4 rings (SSSR count). The van der Waals surface area contributed by atoms with Gasteiger partial charge in [-0.2, -0.15) is 18.2 Å². The van der Waals surface area contributed by atoms with E-state index >= 15 is 0 Å². The van der Waals surface area contributed by atoms with Gasteiger partial charge in [-0.05, 0) is 25.0 Å². The van der Waals surface area contributed by atoms with Crippen LogP contribution in [-0.2, 0) is 6.18 Å². The van der Waals surface area contributed by atoms with Crippen molar-refractivity contribution < 1.29 is 13.2 Å². The predicted molar refractivity (Wildman–Crippen MR) is 85.9 cm³/mol. The number of hydrogen-bond donors (Lipinski definition) is 1. The number of hydrogen-bond acceptors (Lipinski definition) is 4. The minimum Gasteiger partial charge on any atom is -0.342 e. The Morgan fingerprint density at radius 1 is 1.12 bits per heavy atom. The van der Waals surface area contributed by atoms with Crippen LogP contribution in [0.25, 0.3) is 16.7 Å². The molecule has 1 fully saturated rings. The van der Waals surface area contributed by atoms with Crippen molar-refractivity contribution >= 4 is 17.0 Å². The molecule has 0 atom stereocenters. The molecule has 0 bridgehead atoms. The first-order valence-corrected chi connectivity index (χ1v) is 7.85. The Kier molecular flexibility index (Phi) is 3.52. The largest absolute Gasteiger partial charge is 0.418 e. The summed E-state index contributed by atoms with van der Waals surface area (Å²) in [4.78, 5) is 21.2. The molecular formula is C16H14F3N5O. The fourth-order valence-electron chi connectivity index (χ4n) is 3.02. The lowest BCUT2D eigenvalue weighted by Crippen LogP contribution is -2.23. The summed E-state index contributed by atoms with van der Waals surface area (Å²) in [5.41, 5.74) is -1.25. The topological polar surface area (TPSA) is 66.8 Å². The lowest BCUT2D eigenvalue weighted by molar-refractivity contribution is -0.137. The van der Waals surface area contributed by atoms with Gasteiger partial charge in [0.25, 0.3) is 5.56 Å². The normalized spacial score (nSPS) is 15.2. The smallest absolute Gasteiger partial charge is 0.342 e. The summed E-state index contributed by atoms with van der Waals surface area (Å²) in [6.07, 6.45) is -1.22. The quantitative estimate of drug-likeness (QED) is 0.773. The molecule has 1 aliphatic heterocycles. The summed E-state index contributed by atoms with van der Waals surface area (Å²) in [7, 11) is 0. The van der Waals surface area contributed by atoms with Gasteiger partial charge in [-0.15, -0.1) is 5.10 Å². The van der Waals surface area contributed by atoms with E-state index in [2.05, 4.69) is 15.1 Å². The van der Waals surface area contributed by atoms with Crippen molar-refractivity contribution in [1.29, 1.82) is 0 Å². The van der Waals surface area contributed by atoms with Crippen molar-refractivity contribution in [3.8, 4) is 5.69 Å². The van der Waals surface area contributed by atoms with E-state index in [9.17, 15) is 18.0 Å². The van der Waals surface area contributed by atoms with E-state index in [0.29, 0.717) is 5.95 Å². The van der Waals surface area contributed by atoms with Gasteiger partial charge < -0.3 is 4.90 Å². The summed E-state index contributed by atoms with van der Waals surface area (Å²) in [6, 6.07) is 5.09. The number of rotatable bonds is 2.